The van der Waals surface area contributed by atoms with Crippen molar-refractivity contribution in [3.63, 3.8) is 0 Å². The summed E-state index contributed by atoms with van der Waals surface area (Å²) in [7, 11) is 0. The third-order valence-corrected chi connectivity index (χ3v) is 7.41. The SMILES string of the molecule is CC(=O)CN1CCN(c2cc3c(cc2F)c(=O)c(C(=O)OCOC(=O)C(C)(C)C)c2n3C(C)S2)CC1. The van der Waals surface area contributed by atoms with Gasteiger partial charge in [-0.3, -0.25) is 19.3 Å². The molecule has 1 aromatic heterocycles. The molecular formula is C25H30FN3O6S. The first-order valence-electron chi connectivity index (χ1n) is 11.8. The van der Waals surface area contributed by atoms with Crippen LogP contribution in [-0.2, 0) is 19.1 Å². The molecule has 11 heteroatoms. The minimum absolute atomic E-state index is 0.0703. The van der Waals surface area contributed by atoms with Gasteiger partial charge < -0.3 is 18.9 Å². The number of fused-ring (bicyclic) bond motifs is 3. The Kier molecular flexibility index (Phi) is 7.16. The summed E-state index contributed by atoms with van der Waals surface area (Å²) >= 11 is 1.34. The molecule has 4 rings (SSSR count). The zero-order chi connectivity index (χ0) is 26.4. The van der Waals surface area contributed by atoms with E-state index in [2.05, 4.69) is 0 Å². The molecule has 0 saturated carbocycles. The second kappa shape index (κ2) is 9.85. The molecule has 36 heavy (non-hydrogen) atoms. The number of ether oxygens (including phenoxy) is 2. The fourth-order valence-electron chi connectivity index (χ4n) is 4.34. The van der Waals surface area contributed by atoms with Crippen LogP contribution in [0.1, 0.15) is 50.4 Å². The van der Waals surface area contributed by atoms with Gasteiger partial charge in [0.1, 0.15) is 17.2 Å². The maximum atomic E-state index is 15.2. The Bertz CT molecular complexity index is 1290. The summed E-state index contributed by atoms with van der Waals surface area (Å²) in [6.07, 6.45) is 0. The van der Waals surface area contributed by atoms with Crippen LogP contribution in [0.3, 0.4) is 0 Å². The number of carbonyl (C=O) groups is 3. The van der Waals surface area contributed by atoms with Gasteiger partial charge in [-0.05, 0) is 46.8 Å². The van der Waals surface area contributed by atoms with Gasteiger partial charge in [-0.2, -0.15) is 0 Å². The Morgan fingerprint density at radius 1 is 1.11 bits per heavy atom. The quantitative estimate of drug-likeness (QED) is 0.421. The Morgan fingerprint density at radius 2 is 1.78 bits per heavy atom. The monoisotopic (exact) mass is 519 g/mol. The fourth-order valence-corrected chi connectivity index (χ4v) is 5.50. The lowest BCUT2D eigenvalue weighted by Gasteiger charge is -2.37. The molecule has 0 amide bonds. The topological polar surface area (TPSA) is 98.2 Å². The molecule has 1 saturated heterocycles. The van der Waals surface area contributed by atoms with Gasteiger partial charge in [-0.25, -0.2) is 9.18 Å². The number of aromatic nitrogens is 1. The number of nitrogens with zero attached hydrogens (tertiary/aromatic N) is 3. The van der Waals surface area contributed by atoms with Crippen molar-refractivity contribution < 1.29 is 28.2 Å². The van der Waals surface area contributed by atoms with Crippen molar-refractivity contribution >= 4 is 46.1 Å². The van der Waals surface area contributed by atoms with Gasteiger partial charge in [0, 0.05) is 31.6 Å². The third kappa shape index (κ3) is 4.99. The van der Waals surface area contributed by atoms with Crippen molar-refractivity contribution in [3.8, 4) is 0 Å². The highest BCUT2D eigenvalue weighted by molar-refractivity contribution is 8.00. The van der Waals surface area contributed by atoms with E-state index in [9.17, 15) is 19.2 Å². The molecule has 194 valence electrons. The Hall–Kier alpha value is -2.92. The van der Waals surface area contributed by atoms with Crippen LogP contribution in [0.5, 0.6) is 0 Å². The maximum Gasteiger partial charge on any atom is 0.347 e. The molecule has 1 atom stereocenters. The van der Waals surface area contributed by atoms with Crippen LogP contribution in [0.2, 0.25) is 0 Å². The molecule has 1 aromatic carbocycles. The Labute approximate surface area is 212 Å². The van der Waals surface area contributed by atoms with Gasteiger partial charge in [0.05, 0.1) is 33.6 Å². The van der Waals surface area contributed by atoms with E-state index in [1.54, 1.807) is 33.8 Å². The second-order valence-electron chi connectivity index (χ2n) is 10.1. The van der Waals surface area contributed by atoms with Crippen molar-refractivity contribution in [1.29, 1.82) is 0 Å². The number of anilines is 1. The summed E-state index contributed by atoms with van der Waals surface area (Å²) < 4.78 is 27.1. The zero-order valence-electron chi connectivity index (χ0n) is 21.1. The first kappa shape index (κ1) is 26.2. The zero-order valence-corrected chi connectivity index (χ0v) is 21.9. The van der Waals surface area contributed by atoms with E-state index in [4.69, 9.17) is 9.47 Å². The van der Waals surface area contributed by atoms with E-state index >= 15 is 4.39 Å². The highest BCUT2D eigenvalue weighted by Crippen LogP contribution is 2.47. The van der Waals surface area contributed by atoms with Gasteiger partial charge in [0.2, 0.25) is 12.2 Å². The number of benzene rings is 1. The largest absolute Gasteiger partial charge is 0.427 e. The van der Waals surface area contributed by atoms with Gasteiger partial charge in [-0.1, -0.05) is 11.8 Å². The minimum Gasteiger partial charge on any atom is -0.427 e. The maximum absolute atomic E-state index is 15.2. The lowest BCUT2D eigenvalue weighted by atomic mass is 9.98. The van der Waals surface area contributed by atoms with Gasteiger partial charge in [-0.15, -0.1) is 0 Å². The fraction of sp³-hybridized carbons (Fsp3) is 0.520. The van der Waals surface area contributed by atoms with Crippen molar-refractivity contribution in [2.24, 2.45) is 5.41 Å². The highest BCUT2D eigenvalue weighted by Gasteiger charge is 2.34. The van der Waals surface area contributed by atoms with E-state index in [-0.39, 0.29) is 22.1 Å². The summed E-state index contributed by atoms with van der Waals surface area (Å²) in [5.74, 6) is -1.93. The summed E-state index contributed by atoms with van der Waals surface area (Å²) in [4.78, 5) is 53.3. The lowest BCUT2D eigenvalue weighted by Crippen LogP contribution is -2.48. The standard InChI is InChI=1S/C25H30FN3O6S/c1-14(30)12-27-6-8-28(9-7-27)19-11-18-16(10-17(19)26)21(31)20(22-29(18)15(2)36-22)23(32)34-13-35-24(33)25(3,4)5/h10-11,15H,6-9,12-13H2,1-5H3. The molecule has 2 aromatic rings. The van der Waals surface area contributed by atoms with E-state index < -0.39 is 35.4 Å². The number of pyridine rings is 1. The van der Waals surface area contributed by atoms with Crippen molar-refractivity contribution in [2.45, 2.75) is 45.0 Å². The Morgan fingerprint density at radius 3 is 2.36 bits per heavy atom. The van der Waals surface area contributed by atoms with E-state index in [0.29, 0.717) is 49.0 Å². The summed E-state index contributed by atoms with van der Waals surface area (Å²) in [6, 6.07) is 2.83. The number of Topliss-reactive ketones (excluding diaryl/α,β-unsaturated/α-hetero) is 1. The molecule has 2 aliphatic rings. The first-order chi connectivity index (χ1) is 16.9. The van der Waals surface area contributed by atoms with Crippen molar-refractivity contribution in [2.75, 3.05) is 44.4 Å². The normalized spacial score (nSPS) is 17.9. The van der Waals surface area contributed by atoms with E-state index in [1.165, 1.54) is 17.8 Å². The second-order valence-corrected chi connectivity index (χ2v) is 11.4. The number of ketones is 1. The molecule has 3 heterocycles. The van der Waals surface area contributed by atoms with Crippen LogP contribution < -0.4 is 10.3 Å². The first-order valence-corrected chi connectivity index (χ1v) is 12.7. The molecule has 0 N–H and O–H groups in total. The average molecular weight is 520 g/mol. The number of thioether (sulfide) groups is 1. The number of esters is 2. The molecule has 0 aliphatic carbocycles. The number of carbonyl (C=O) groups excluding carboxylic acids is 3. The number of piperazine rings is 1. The number of rotatable bonds is 6. The van der Waals surface area contributed by atoms with Crippen LogP contribution in [0.4, 0.5) is 10.1 Å². The molecule has 0 spiro atoms. The van der Waals surface area contributed by atoms with Crippen LogP contribution >= 0.6 is 11.8 Å². The van der Waals surface area contributed by atoms with Crippen LogP contribution in [0.25, 0.3) is 10.9 Å². The number of hydrogen-bond donors (Lipinski definition) is 0. The highest BCUT2D eigenvalue weighted by atomic mass is 32.2. The summed E-state index contributed by atoms with van der Waals surface area (Å²) in [5, 5.41) is 0.455. The molecule has 0 radical (unpaired) electrons. The summed E-state index contributed by atoms with van der Waals surface area (Å²) in [5.41, 5.74) is -0.659. The summed E-state index contributed by atoms with van der Waals surface area (Å²) in [6.45, 7) is 10.6. The van der Waals surface area contributed by atoms with Crippen molar-refractivity contribution in [1.82, 2.24) is 9.47 Å². The predicted octanol–water partition coefficient (Wildman–Crippen LogP) is 3.18. The predicted molar refractivity (Wildman–Crippen MR) is 134 cm³/mol. The molecule has 9 nitrogen and oxygen atoms in total. The van der Waals surface area contributed by atoms with Gasteiger partial charge in [0.15, 0.2) is 0 Å². The Balaban J connectivity index is 1.62. The molecule has 1 fully saturated rings. The van der Waals surface area contributed by atoms with Crippen LogP contribution in [0, 0.1) is 11.2 Å². The third-order valence-electron chi connectivity index (χ3n) is 6.23. The van der Waals surface area contributed by atoms with Gasteiger partial charge >= 0.3 is 11.9 Å². The van der Waals surface area contributed by atoms with Crippen molar-refractivity contribution in [3.05, 3.63) is 33.7 Å². The molecule has 1 unspecified atom stereocenters. The number of halogens is 1. The minimum atomic E-state index is -0.919. The van der Waals surface area contributed by atoms with Crippen LogP contribution in [0.15, 0.2) is 22.0 Å². The van der Waals surface area contributed by atoms with Gasteiger partial charge in [0.25, 0.3) is 0 Å². The molecular weight excluding hydrogens is 489 g/mol. The average Bonchev–Trinajstić information content (AvgIpc) is 2.78. The lowest BCUT2D eigenvalue weighted by molar-refractivity contribution is -0.161. The van der Waals surface area contributed by atoms with E-state index in [1.807, 2.05) is 21.3 Å². The smallest absolute Gasteiger partial charge is 0.347 e. The number of hydrogen-bond acceptors (Lipinski definition) is 9. The molecule has 0 bridgehead atoms. The van der Waals surface area contributed by atoms with Crippen LogP contribution in [-0.4, -0.2) is 66.7 Å². The molecule has 2 aliphatic heterocycles. The van der Waals surface area contributed by atoms with E-state index in [0.717, 1.165) is 0 Å².